The van der Waals surface area contributed by atoms with Crippen LogP contribution in [0.5, 0.6) is 0 Å². The summed E-state index contributed by atoms with van der Waals surface area (Å²) in [6.45, 7) is 5.82. The monoisotopic (exact) mass is 342 g/mol. The molecule has 1 fully saturated rings. The van der Waals surface area contributed by atoms with Crippen molar-refractivity contribution in [1.29, 1.82) is 5.26 Å². The van der Waals surface area contributed by atoms with Crippen molar-refractivity contribution in [2.24, 2.45) is 11.1 Å². The number of nitriles is 1. The van der Waals surface area contributed by atoms with E-state index >= 15 is 0 Å². The average molecular weight is 342 g/mol. The van der Waals surface area contributed by atoms with Gasteiger partial charge < -0.3 is 14.3 Å². The fraction of sp³-hybridized carbons (Fsp3) is 0.444. The van der Waals surface area contributed by atoms with Crippen molar-refractivity contribution in [3.05, 3.63) is 34.4 Å². The third-order valence-electron chi connectivity index (χ3n) is 4.66. The number of carbonyl (C=O) groups is 2. The molecule has 2 heterocycles. The predicted molar refractivity (Wildman–Crippen MR) is 86.6 cm³/mol. The first kappa shape index (κ1) is 17.0. The number of esters is 2. The number of carbonyl (C=O) groups excluding carboxylic acids is 2. The van der Waals surface area contributed by atoms with Crippen LogP contribution >= 0.6 is 0 Å². The van der Waals surface area contributed by atoms with Gasteiger partial charge in [0, 0.05) is 5.56 Å². The zero-order valence-corrected chi connectivity index (χ0v) is 14.5. The van der Waals surface area contributed by atoms with Gasteiger partial charge in [-0.05, 0) is 31.9 Å². The molecule has 2 aliphatic rings. The lowest BCUT2D eigenvalue weighted by Crippen LogP contribution is -2.43. The van der Waals surface area contributed by atoms with Crippen LogP contribution in [0.1, 0.15) is 28.7 Å². The van der Waals surface area contributed by atoms with E-state index in [1.807, 2.05) is 32.9 Å². The Bertz CT molecular complexity index is 815. The van der Waals surface area contributed by atoms with Crippen LogP contribution in [0, 0.1) is 38.0 Å². The summed E-state index contributed by atoms with van der Waals surface area (Å²) in [5, 5.41) is 13.8. The van der Waals surface area contributed by atoms with Gasteiger partial charge in [0.2, 0.25) is 6.10 Å². The molecule has 1 aromatic carbocycles. The lowest BCUT2D eigenvalue weighted by atomic mass is 9.79. The Morgan fingerprint density at radius 3 is 2.56 bits per heavy atom. The predicted octanol–water partition coefficient (Wildman–Crippen LogP) is 1.71. The third kappa shape index (κ3) is 2.45. The van der Waals surface area contributed by atoms with Gasteiger partial charge in [-0.25, -0.2) is 9.59 Å². The fourth-order valence-electron chi connectivity index (χ4n) is 3.60. The van der Waals surface area contributed by atoms with Crippen molar-refractivity contribution in [2.75, 3.05) is 7.11 Å². The summed E-state index contributed by atoms with van der Waals surface area (Å²) in [5.74, 6) is -2.41. The van der Waals surface area contributed by atoms with E-state index in [0.29, 0.717) is 5.71 Å². The number of hydrogen-bond acceptors (Lipinski definition) is 7. The van der Waals surface area contributed by atoms with Crippen LogP contribution in [0.25, 0.3) is 0 Å². The number of methoxy groups -OCH3 is 1. The first-order valence-electron chi connectivity index (χ1n) is 7.87. The first-order chi connectivity index (χ1) is 11.8. The van der Waals surface area contributed by atoms with E-state index in [9.17, 15) is 14.9 Å². The fourth-order valence-corrected chi connectivity index (χ4v) is 3.60. The summed E-state index contributed by atoms with van der Waals surface area (Å²) in [7, 11) is 1.21. The van der Waals surface area contributed by atoms with Gasteiger partial charge in [-0.15, -0.1) is 0 Å². The van der Waals surface area contributed by atoms with Crippen molar-refractivity contribution in [3.63, 3.8) is 0 Å². The molecule has 1 saturated heterocycles. The number of oxime groups is 1. The summed E-state index contributed by atoms with van der Waals surface area (Å²) in [6.07, 6.45) is -1.20. The van der Waals surface area contributed by atoms with Gasteiger partial charge in [-0.2, -0.15) is 5.26 Å². The molecular formula is C18H18N2O5. The molecule has 130 valence electrons. The Morgan fingerprint density at radius 1 is 1.36 bits per heavy atom. The molecule has 2 aliphatic heterocycles. The normalized spacial score (nSPS) is 27.5. The molecule has 1 spiro atoms. The highest BCUT2D eigenvalue weighted by molar-refractivity contribution is 6.10. The van der Waals surface area contributed by atoms with Gasteiger partial charge >= 0.3 is 11.9 Å². The van der Waals surface area contributed by atoms with E-state index < -0.39 is 29.6 Å². The maximum atomic E-state index is 12.4. The lowest BCUT2D eigenvalue weighted by Gasteiger charge is -2.20. The van der Waals surface area contributed by atoms with E-state index in [1.54, 1.807) is 0 Å². The van der Waals surface area contributed by atoms with Crippen LogP contribution in [0.4, 0.5) is 0 Å². The van der Waals surface area contributed by atoms with Crippen molar-refractivity contribution in [3.8, 4) is 6.07 Å². The Balaban J connectivity index is 2.01. The number of hydrogen-bond donors (Lipinski definition) is 0. The molecule has 0 amide bonds. The number of aryl methyl sites for hydroxylation is 3. The van der Waals surface area contributed by atoms with E-state index in [-0.39, 0.29) is 6.42 Å². The van der Waals surface area contributed by atoms with Crippen LogP contribution in [0.15, 0.2) is 17.3 Å². The molecule has 1 aromatic rings. The SMILES string of the molecule is COC(=O)[C@@H]1C[C@@]2(ON=C(c3c(C)cc(C)cc3C)[C@@H]2C#N)C(=O)O1. The van der Waals surface area contributed by atoms with E-state index in [1.165, 1.54) is 7.11 Å². The molecule has 7 nitrogen and oxygen atoms in total. The van der Waals surface area contributed by atoms with Crippen LogP contribution < -0.4 is 0 Å². The van der Waals surface area contributed by atoms with Crippen LogP contribution in [-0.4, -0.2) is 36.5 Å². The summed E-state index contributed by atoms with van der Waals surface area (Å²) < 4.78 is 9.71. The summed E-state index contributed by atoms with van der Waals surface area (Å²) in [5.41, 5.74) is 2.53. The minimum atomic E-state index is -1.60. The second kappa shape index (κ2) is 5.88. The molecule has 0 aromatic heterocycles. The van der Waals surface area contributed by atoms with Gasteiger partial charge in [0.15, 0.2) is 0 Å². The molecule has 0 saturated carbocycles. The minimum absolute atomic E-state index is 0.103. The van der Waals surface area contributed by atoms with Crippen LogP contribution in [-0.2, 0) is 23.9 Å². The Kier molecular flexibility index (Phi) is 3.99. The Morgan fingerprint density at radius 2 is 2.00 bits per heavy atom. The standard InChI is InChI=1S/C18H18N2O5/c1-9-5-10(2)14(11(3)6-9)15-12(8-19)18(25-20-15)7-13(16(21)23-4)24-17(18)22/h5-6,12-13H,7H2,1-4H3/t12-,13-,18-/m0/s1. The molecular weight excluding hydrogens is 324 g/mol. The highest BCUT2D eigenvalue weighted by Gasteiger charge is 2.64. The van der Waals surface area contributed by atoms with Gasteiger partial charge in [0.25, 0.3) is 5.60 Å². The first-order valence-corrected chi connectivity index (χ1v) is 7.87. The number of ether oxygens (including phenoxy) is 2. The maximum absolute atomic E-state index is 12.4. The number of nitrogens with zero attached hydrogens (tertiary/aromatic N) is 2. The second-order valence-corrected chi connectivity index (χ2v) is 6.41. The number of benzene rings is 1. The van der Waals surface area contributed by atoms with E-state index in [2.05, 4.69) is 16.0 Å². The highest BCUT2D eigenvalue weighted by Crippen LogP contribution is 2.43. The van der Waals surface area contributed by atoms with Gasteiger partial charge in [0.05, 0.1) is 19.6 Å². The largest absolute Gasteiger partial charge is 0.466 e. The van der Waals surface area contributed by atoms with Crippen molar-refractivity contribution < 1.29 is 23.9 Å². The lowest BCUT2D eigenvalue weighted by molar-refractivity contribution is -0.165. The average Bonchev–Trinajstić information content (AvgIpc) is 3.07. The van der Waals surface area contributed by atoms with E-state index in [4.69, 9.17) is 9.57 Å². The number of rotatable bonds is 2. The highest BCUT2D eigenvalue weighted by atomic mass is 16.7. The molecule has 7 heteroatoms. The molecule has 0 aliphatic carbocycles. The summed E-state index contributed by atoms with van der Waals surface area (Å²) >= 11 is 0. The van der Waals surface area contributed by atoms with Crippen LogP contribution in [0.3, 0.4) is 0 Å². The van der Waals surface area contributed by atoms with Crippen molar-refractivity contribution in [2.45, 2.75) is 38.9 Å². The third-order valence-corrected chi connectivity index (χ3v) is 4.66. The Hall–Kier alpha value is -2.88. The summed E-state index contributed by atoms with van der Waals surface area (Å²) in [6, 6.07) is 6.07. The second-order valence-electron chi connectivity index (χ2n) is 6.41. The zero-order chi connectivity index (χ0) is 18.4. The van der Waals surface area contributed by atoms with Gasteiger partial charge in [0.1, 0.15) is 11.6 Å². The van der Waals surface area contributed by atoms with Crippen molar-refractivity contribution in [1.82, 2.24) is 0 Å². The van der Waals surface area contributed by atoms with Crippen molar-refractivity contribution >= 4 is 17.7 Å². The number of cyclic esters (lactones) is 1. The molecule has 25 heavy (non-hydrogen) atoms. The molecule has 3 rings (SSSR count). The molecule has 0 unspecified atom stereocenters. The quantitative estimate of drug-likeness (QED) is 0.759. The molecule has 0 N–H and O–H groups in total. The van der Waals surface area contributed by atoms with Crippen LogP contribution in [0.2, 0.25) is 0 Å². The minimum Gasteiger partial charge on any atom is -0.466 e. The topological polar surface area (TPSA) is 98.0 Å². The molecule has 0 radical (unpaired) electrons. The van der Waals surface area contributed by atoms with E-state index in [0.717, 1.165) is 22.3 Å². The van der Waals surface area contributed by atoms with Gasteiger partial charge in [-0.3, -0.25) is 0 Å². The Labute approximate surface area is 145 Å². The zero-order valence-electron chi connectivity index (χ0n) is 14.5. The van der Waals surface area contributed by atoms with Gasteiger partial charge in [-0.1, -0.05) is 22.9 Å². The smallest absolute Gasteiger partial charge is 0.356 e. The summed E-state index contributed by atoms with van der Waals surface area (Å²) in [4.78, 5) is 29.6. The maximum Gasteiger partial charge on any atom is 0.356 e. The molecule has 0 bridgehead atoms. The molecule has 3 atom stereocenters.